The fourth-order valence-corrected chi connectivity index (χ4v) is 4.33. The Kier molecular flexibility index (Phi) is 5.97. The van der Waals surface area contributed by atoms with Crippen molar-refractivity contribution in [1.82, 2.24) is 4.90 Å². The lowest BCUT2D eigenvalue weighted by Crippen LogP contribution is -2.44. The number of hydrogen-bond acceptors (Lipinski definition) is 4. The van der Waals surface area contributed by atoms with Crippen molar-refractivity contribution in [2.75, 3.05) is 13.2 Å². The first-order chi connectivity index (χ1) is 13.1. The van der Waals surface area contributed by atoms with Crippen molar-refractivity contribution in [3.05, 3.63) is 40.4 Å². The minimum absolute atomic E-state index is 0.0195. The van der Waals surface area contributed by atoms with E-state index in [9.17, 15) is 9.59 Å². The number of carbonyl (C=O) groups is 2. The largest absolute Gasteiger partial charge is 0.489 e. The number of ketones is 1. The Morgan fingerprint density at radius 1 is 1.25 bits per heavy atom. The third-order valence-corrected chi connectivity index (χ3v) is 5.87. The zero-order valence-corrected chi connectivity index (χ0v) is 17.8. The summed E-state index contributed by atoms with van der Waals surface area (Å²) in [6.45, 7) is 9.97. The molecule has 7 heteroatoms. The maximum atomic E-state index is 13.2. The van der Waals surface area contributed by atoms with Gasteiger partial charge in [0.1, 0.15) is 18.0 Å². The van der Waals surface area contributed by atoms with E-state index in [2.05, 4.69) is 6.58 Å². The summed E-state index contributed by atoms with van der Waals surface area (Å²) in [5.74, 6) is 0.318. The average molecular weight is 426 g/mol. The van der Waals surface area contributed by atoms with Gasteiger partial charge in [0.25, 0.3) is 0 Å². The van der Waals surface area contributed by atoms with Crippen LogP contribution >= 0.6 is 23.2 Å². The lowest BCUT2D eigenvalue weighted by Gasteiger charge is -2.32. The van der Waals surface area contributed by atoms with Crippen LogP contribution in [-0.4, -0.2) is 41.6 Å². The fraction of sp³-hybridized carbons (Fsp3) is 0.524. The van der Waals surface area contributed by atoms with E-state index in [1.165, 1.54) is 0 Å². The minimum Gasteiger partial charge on any atom is -0.489 e. The Labute approximate surface area is 175 Å². The number of likely N-dealkylation sites (tertiary alicyclic amines) is 1. The average Bonchev–Trinajstić information content (AvgIpc) is 3.21. The van der Waals surface area contributed by atoms with Gasteiger partial charge < -0.3 is 14.4 Å². The molecular formula is C21H25Cl2NO4. The molecule has 1 aromatic rings. The van der Waals surface area contributed by atoms with Crippen molar-refractivity contribution in [2.24, 2.45) is 11.8 Å². The fourth-order valence-electron chi connectivity index (χ4n) is 4.01. The first-order valence-electron chi connectivity index (χ1n) is 9.37. The number of hydrogen-bond donors (Lipinski definition) is 0. The van der Waals surface area contributed by atoms with Crippen LogP contribution in [0.5, 0.6) is 5.75 Å². The van der Waals surface area contributed by atoms with Crippen LogP contribution in [0, 0.1) is 11.8 Å². The summed E-state index contributed by atoms with van der Waals surface area (Å²) in [5.41, 5.74) is -0.108. The van der Waals surface area contributed by atoms with Crippen molar-refractivity contribution in [1.29, 1.82) is 0 Å². The van der Waals surface area contributed by atoms with Crippen LogP contribution in [0.4, 0.5) is 4.79 Å². The molecule has 1 aliphatic carbocycles. The lowest BCUT2D eigenvalue weighted by atomic mass is 9.87. The minimum atomic E-state index is -0.536. The summed E-state index contributed by atoms with van der Waals surface area (Å²) in [6.07, 6.45) is 2.71. The lowest BCUT2D eigenvalue weighted by molar-refractivity contribution is 0.0160. The van der Waals surface area contributed by atoms with Gasteiger partial charge >= 0.3 is 6.09 Å². The van der Waals surface area contributed by atoms with E-state index in [1.807, 2.05) is 20.8 Å². The molecule has 0 N–H and O–H groups in total. The van der Waals surface area contributed by atoms with Crippen LogP contribution in [0.1, 0.15) is 44.0 Å². The molecule has 1 saturated heterocycles. The van der Waals surface area contributed by atoms with Crippen LogP contribution < -0.4 is 4.74 Å². The van der Waals surface area contributed by atoms with E-state index in [0.717, 1.165) is 6.42 Å². The molecule has 3 atom stereocenters. The molecule has 1 aliphatic heterocycles. The number of amides is 1. The molecule has 1 saturated carbocycles. The third-order valence-electron chi connectivity index (χ3n) is 5.15. The predicted molar refractivity (Wildman–Crippen MR) is 109 cm³/mol. The van der Waals surface area contributed by atoms with E-state index < -0.39 is 5.60 Å². The van der Waals surface area contributed by atoms with Crippen LogP contribution in [0.15, 0.2) is 24.8 Å². The Morgan fingerprint density at radius 3 is 2.50 bits per heavy atom. The zero-order chi connectivity index (χ0) is 20.6. The number of rotatable bonds is 5. The molecule has 0 aromatic heterocycles. The third kappa shape index (κ3) is 4.31. The quantitative estimate of drug-likeness (QED) is 0.468. The molecule has 152 valence electrons. The summed E-state index contributed by atoms with van der Waals surface area (Å²) in [5, 5.41) is 0.649. The zero-order valence-electron chi connectivity index (χ0n) is 16.3. The molecule has 0 radical (unpaired) electrons. The number of nitrogens with zero attached hydrogens (tertiary/aromatic N) is 1. The SMILES string of the molecule is C=CCOc1cc(Cl)c(Cl)cc1C(=O)C1CC2CC1CN2C(=O)OC(C)(C)C. The molecule has 5 nitrogen and oxygen atoms in total. The van der Waals surface area contributed by atoms with Crippen molar-refractivity contribution in [3.63, 3.8) is 0 Å². The maximum Gasteiger partial charge on any atom is 0.410 e. The highest BCUT2D eigenvalue weighted by atomic mass is 35.5. The number of halogens is 2. The number of Topliss-reactive ketones (excluding diaryl/α,β-unsaturated/α-hetero) is 1. The van der Waals surface area contributed by atoms with Crippen LogP contribution in [0.25, 0.3) is 0 Å². The molecule has 28 heavy (non-hydrogen) atoms. The number of piperidine rings is 1. The van der Waals surface area contributed by atoms with E-state index >= 15 is 0 Å². The van der Waals surface area contributed by atoms with Crippen molar-refractivity contribution >= 4 is 35.1 Å². The van der Waals surface area contributed by atoms with Crippen molar-refractivity contribution in [3.8, 4) is 5.75 Å². The van der Waals surface area contributed by atoms with Gasteiger partial charge in [-0.3, -0.25) is 4.79 Å². The van der Waals surface area contributed by atoms with Crippen LogP contribution in [-0.2, 0) is 4.74 Å². The van der Waals surface area contributed by atoms with Gasteiger partial charge in [-0.05, 0) is 45.6 Å². The van der Waals surface area contributed by atoms with Gasteiger partial charge in [-0.25, -0.2) is 4.79 Å². The standard InChI is InChI=1S/C21H25Cl2NO4/c1-5-6-27-18-10-17(23)16(22)9-15(18)19(25)14-8-13-7-12(14)11-24(13)20(26)28-21(2,3)4/h5,9-10,12-14H,1,6-8,11H2,2-4H3. The molecule has 2 fully saturated rings. The Morgan fingerprint density at radius 2 is 1.93 bits per heavy atom. The van der Waals surface area contributed by atoms with Crippen molar-refractivity contribution < 1.29 is 19.1 Å². The van der Waals surface area contributed by atoms with Gasteiger partial charge in [0.15, 0.2) is 5.78 Å². The Balaban J connectivity index is 1.75. The van der Waals surface area contributed by atoms with E-state index in [0.29, 0.717) is 34.3 Å². The van der Waals surface area contributed by atoms with Crippen molar-refractivity contribution in [2.45, 2.75) is 45.3 Å². The first kappa shape index (κ1) is 21.0. The summed E-state index contributed by atoms with van der Waals surface area (Å²) in [4.78, 5) is 27.4. The second-order valence-electron chi connectivity index (χ2n) is 8.35. The molecule has 1 heterocycles. The second-order valence-corrected chi connectivity index (χ2v) is 9.17. The molecule has 1 amide bonds. The molecule has 3 unspecified atom stereocenters. The number of fused-ring (bicyclic) bond motifs is 2. The topological polar surface area (TPSA) is 55.8 Å². The highest BCUT2D eigenvalue weighted by Crippen LogP contribution is 2.45. The van der Waals surface area contributed by atoms with Gasteiger partial charge in [-0.15, -0.1) is 0 Å². The van der Waals surface area contributed by atoms with Gasteiger partial charge in [0, 0.05) is 24.6 Å². The summed E-state index contributed by atoms with van der Waals surface area (Å²) >= 11 is 12.2. The normalized spacial score (nSPS) is 23.6. The first-order valence-corrected chi connectivity index (χ1v) is 10.1. The van der Waals surface area contributed by atoms with Gasteiger partial charge in [-0.1, -0.05) is 35.9 Å². The smallest absolute Gasteiger partial charge is 0.410 e. The summed E-state index contributed by atoms with van der Waals surface area (Å²) < 4.78 is 11.1. The monoisotopic (exact) mass is 425 g/mol. The predicted octanol–water partition coefficient (Wildman–Crippen LogP) is 5.39. The molecular weight excluding hydrogens is 401 g/mol. The van der Waals surface area contributed by atoms with Crippen LogP contribution in [0.2, 0.25) is 10.0 Å². The number of benzene rings is 1. The number of ether oxygens (including phenoxy) is 2. The maximum absolute atomic E-state index is 13.2. The van der Waals surface area contributed by atoms with Gasteiger partial charge in [0.2, 0.25) is 0 Å². The van der Waals surface area contributed by atoms with Crippen LogP contribution in [0.3, 0.4) is 0 Å². The molecule has 0 spiro atoms. The molecule has 3 rings (SSSR count). The molecule has 2 aliphatic rings. The highest BCUT2D eigenvalue weighted by molar-refractivity contribution is 6.42. The Bertz CT molecular complexity index is 802. The number of carbonyl (C=O) groups excluding carboxylic acids is 2. The molecule has 2 bridgehead atoms. The van der Waals surface area contributed by atoms with Gasteiger partial charge in [0.05, 0.1) is 15.6 Å². The second kappa shape index (κ2) is 7.96. The summed E-state index contributed by atoms with van der Waals surface area (Å²) in [7, 11) is 0. The van der Waals surface area contributed by atoms with E-state index in [-0.39, 0.29) is 36.4 Å². The van der Waals surface area contributed by atoms with Gasteiger partial charge in [-0.2, -0.15) is 0 Å². The van der Waals surface area contributed by atoms with E-state index in [1.54, 1.807) is 23.1 Å². The highest BCUT2D eigenvalue weighted by Gasteiger charge is 2.50. The molecule has 1 aromatic carbocycles. The Hall–Kier alpha value is -1.72. The van der Waals surface area contributed by atoms with E-state index in [4.69, 9.17) is 32.7 Å². The summed E-state index contributed by atoms with van der Waals surface area (Å²) in [6, 6.07) is 3.16.